The van der Waals surface area contributed by atoms with Crippen LogP contribution in [0.25, 0.3) is 0 Å². The van der Waals surface area contributed by atoms with E-state index in [0.29, 0.717) is 0 Å². The van der Waals surface area contributed by atoms with E-state index in [0.717, 1.165) is 0 Å². The maximum atomic E-state index is 12.1. The highest BCUT2D eigenvalue weighted by molar-refractivity contribution is 7.89. The van der Waals surface area contributed by atoms with Gasteiger partial charge in [-0.15, -0.1) is 0 Å². The van der Waals surface area contributed by atoms with E-state index in [2.05, 4.69) is 9.47 Å². The Labute approximate surface area is 102 Å². The molecule has 0 aromatic carbocycles. The fraction of sp³-hybridized carbons (Fsp3) is 0.750. The van der Waals surface area contributed by atoms with E-state index in [4.69, 9.17) is 0 Å². The molecule has 0 aromatic rings. The summed E-state index contributed by atoms with van der Waals surface area (Å²) in [4.78, 5) is 22.5. The van der Waals surface area contributed by atoms with Gasteiger partial charge in [0.25, 0.3) is 10.0 Å². The van der Waals surface area contributed by atoms with E-state index in [1.54, 1.807) is 0 Å². The first-order valence-electron chi connectivity index (χ1n) is 4.88. The van der Waals surface area contributed by atoms with Crippen LogP contribution in [0.3, 0.4) is 0 Å². The van der Waals surface area contributed by atoms with Crippen molar-refractivity contribution in [3.63, 3.8) is 0 Å². The lowest BCUT2D eigenvalue weighted by Crippen LogP contribution is -2.49. The quantitative estimate of drug-likeness (QED) is 0.507. The zero-order chi connectivity index (χ0) is 14.3. The van der Waals surface area contributed by atoms with Crippen LogP contribution >= 0.6 is 0 Å². The number of carbonyl (C=O) groups excluding carboxylic acids is 2. The lowest BCUT2D eigenvalue weighted by molar-refractivity contribution is -0.157. The van der Waals surface area contributed by atoms with Gasteiger partial charge in [0.15, 0.2) is 0 Å². The Morgan fingerprint density at radius 2 is 1.50 bits per heavy atom. The van der Waals surface area contributed by atoms with E-state index >= 15 is 0 Å². The lowest BCUT2D eigenvalue weighted by atomic mass is 10.3. The minimum absolute atomic E-state index is 0.148. The standard InChI is InChI=1S/C8H13F2NO6S/c1-3-16-6(12)5(7(13)17-4-2)11-18(14,15)8(9)10/h5,8,11H,3-4H2,1-2H3. The molecule has 0 rings (SSSR count). The summed E-state index contributed by atoms with van der Waals surface area (Å²) >= 11 is 0. The molecule has 0 saturated carbocycles. The summed E-state index contributed by atoms with van der Waals surface area (Å²) in [6.45, 7) is 2.51. The molecule has 0 fully saturated rings. The number of carbonyl (C=O) groups is 2. The first-order valence-corrected chi connectivity index (χ1v) is 6.43. The lowest BCUT2D eigenvalue weighted by Gasteiger charge is -2.15. The van der Waals surface area contributed by atoms with Crippen LogP contribution < -0.4 is 4.72 Å². The molecule has 0 bridgehead atoms. The van der Waals surface area contributed by atoms with Crippen molar-refractivity contribution in [1.82, 2.24) is 4.72 Å². The first kappa shape index (κ1) is 16.7. The second kappa shape index (κ2) is 7.21. The van der Waals surface area contributed by atoms with Gasteiger partial charge in [-0.2, -0.15) is 13.5 Å². The number of hydrogen-bond acceptors (Lipinski definition) is 6. The van der Waals surface area contributed by atoms with Crippen LogP contribution in [0.2, 0.25) is 0 Å². The van der Waals surface area contributed by atoms with Crippen molar-refractivity contribution in [2.45, 2.75) is 25.6 Å². The summed E-state index contributed by atoms with van der Waals surface area (Å²) in [5.74, 6) is -6.38. The smallest absolute Gasteiger partial charge is 0.350 e. The highest BCUT2D eigenvalue weighted by Gasteiger charge is 2.37. The van der Waals surface area contributed by atoms with Gasteiger partial charge >= 0.3 is 17.7 Å². The Bertz CT molecular complexity index is 378. The molecule has 0 aliphatic heterocycles. The van der Waals surface area contributed by atoms with E-state index in [1.807, 2.05) is 0 Å². The highest BCUT2D eigenvalue weighted by Crippen LogP contribution is 2.05. The number of halogens is 2. The normalized spacial score (nSPS) is 11.7. The topological polar surface area (TPSA) is 98.8 Å². The van der Waals surface area contributed by atoms with Crippen LogP contribution in [0.1, 0.15) is 13.8 Å². The largest absolute Gasteiger partial charge is 0.464 e. The van der Waals surface area contributed by atoms with Gasteiger partial charge < -0.3 is 9.47 Å². The fourth-order valence-electron chi connectivity index (χ4n) is 0.859. The fourth-order valence-corrected chi connectivity index (χ4v) is 1.48. The van der Waals surface area contributed by atoms with Crippen LogP contribution in [-0.4, -0.2) is 45.4 Å². The summed E-state index contributed by atoms with van der Waals surface area (Å²) in [5, 5.41) is 0. The van der Waals surface area contributed by atoms with Crippen LogP contribution in [0.5, 0.6) is 0 Å². The average molecular weight is 289 g/mol. The number of sulfonamides is 1. The van der Waals surface area contributed by atoms with Gasteiger partial charge in [0, 0.05) is 0 Å². The van der Waals surface area contributed by atoms with Crippen molar-refractivity contribution in [1.29, 1.82) is 0 Å². The van der Waals surface area contributed by atoms with Gasteiger partial charge in [0.1, 0.15) is 0 Å². The van der Waals surface area contributed by atoms with Crippen molar-refractivity contribution in [3.05, 3.63) is 0 Å². The minimum atomic E-state index is -5.11. The molecule has 1 N–H and O–H groups in total. The molecule has 0 amide bonds. The molecule has 0 heterocycles. The third kappa shape index (κ3) is 4.92. The highest BCUT2D eigenvalue weighted by atomic mass is 32.2. The zero-order valence-electron chi connectivity index (χ0n) is 9.68. The molecule has 18 heavy (non-hydrogen) atoms. The molecule has 0 spiro atoms. The van der Waals surface area contributed by atoms with Crippen LogP contribution in [0.4, 0.5) is 8.78 Å². The molecule has 0 saturated heterocycles. The summed E-state index contributed by atoms with van der Waals surface area (Å²) in [5.41, 5.74) is 0. The average Bonchev–Trinajstić information content (AvgIpc) is 2.26. The Balaban J connectivity index is 5.00. The monoisotopic (exact) mass is 289 g/mol. The van der Waals surface area contributed by atoms with E-state index in [9.17, 15) is 26.8 Å². The second-order valence-electron chi connectivity index (χ2n) is 2.86. The van der Waals surface area contributed by atoms with Crippen molar-refractivity contribution in [2.75, 3.05) is 13.2 Å². The third-order valence-electron chi connectivity index (χ3n) is 1.56. The number of rotatable bonds is 7. The SMILES string of the molecule is CCOC(=O)C(NS(=O)(=O)C(F)F)C(=O)OCC. The number of alkyl halides is 2. The van der Waals surface area contributed by atoms with E-state index < -0.39 is 33.8 Å². The molecule has 0 radical (unpaired) electrons. The molecular formula is C8H13F2NO6S. The Morgan fingerprint density at radius 1 is 1.11 bits per heavy atom. The number of nitrogens with one attached hydrogen (secondary N) is 1. The van der Waals surface area contributed by atoms with Gasteiger partial charge in [0.05, 0.1) is 13.2 Å². The molecule has 7 nitrogen and oxygen atoms in total. The van der Waals surface area contributed by atoms with Crippen molar-refractivity contribution >= 4 is 22.0 Å². The molecule has 0 aromatic heterocycles. The number of hydrogen-bond donors (Lipinski definition) is 1. The maximum absolute atomic E-state index is 12.1. The Morgan fingerprint density at radius 3 is 1.78 bits per heavy atom. The second-order valence-corrected chi connectivity index (χ2v) is 4.54. The van der Waals surface area contributed by atoms with Crippen molar-refractivity contribution in [3.8, 4) is 0 Å². The number of esters is 2. The van der Waals surface area contributed by atoms with Crippen LogP contribution in [-0.2, 0) is 29.1 Å². The van der Waals surface area contributed by atoms with Gasteiger partial charge in [-0.1, -0.05) is 0 Å². The van der Waals surface area contributed by atoms with Gasteiger partial charge in [-0.05, 0) is 13.8 Å². The summed E-state index contributed by atoms with van der Waals surface area (Å²) < 4.78 is 56.0. The molecular weight excluding hydrogens is 276 g/mol. The summed E-state index contributed by atoms with van der Waals surface area (Å²) in [7, 11) is -5.11. The predicted molar refractivity (Wildman–Crippen MR) is 55.1 cm³/mol. The third-order valence-corrected chi connectivity index (χ3v) is 2.59. The van der Waals surface area contributed by atoms with Crippen molar-refractivity contribution < 1.29 is 36.3 Å². The van der Waals surface area contributed by atoms with Gasteiger partial charge in [-0.25, -0.2) is 18.0 Å². The van der Waals surface area contributed by atoms with Gasteiger partial charge in [-0.3, -0.25) is 0 Å². The molecule has 0 unspecified atom stereocenters. The number of ether oxygens (including phenoxy) is 2. The van der Waals surface area contributed by atoms with Crippen LogP contribution in [0, 0.1) is 0 Å². The Hall–Kier alpha value is -1.29. The minimum Gasteiger partial charge on any atom is -0.464 e. The molecule has 106 valence electrons. The predicted octanol–water partition coefficient (Wildman–Crippen LogP) is -0.377. The van der Waals surface area contributed by atoms with E-state index in [1.165, 1.54) is 18.6 Å². The van der Waals surface area contributed by atoms with Crippen molar-refractivity contribution in [2.24, 2.45) is 0 Å². The summed E-state index contributed by atoms with van der Waals surface area (Å²) in [6.07, 6.45) is 0. The van der Waals surface area contributed by atoms with Gasteiger partial charge in [0.2, 0.25) is 6.04 Å². The molecule has 0 aliphatic carbocycles. The summed E-state index contributed by atoms with van der Waals surface area (Å²) in [6, 6.07) is -2.14. The molecule has 0 atom stereocenters. The zero-order valence-corrected chi connectivity index (χ0v) is 10.5. The molecule has 10 heteroatoms. The Kier molecular flexibility index (Phi) is 6.70. The first-order chi connectivity index (χ1) is 8.26. The maximum Gasteiger partial charge on any atom is 0.350 e. The van der Waals surface area contributed by atoms with Crippen LogP contribution in [0.15, 0.2) is 0 Å². The van der Waals surface area contributed by atoms with E-state index in [-0.39, 0.29) is 13.2 Å². The molecule has 0 aliphatic rings.